The molecule has 0 radical (unpaired) electrons. The maximum Gasteiger partial charge on any atom is 0.161 e. The topological polar surface area (TPSA) is 50.7 Å². The van der Waals surface area contributed by atoms with E-state index in [2.05, 4.69) is 19.2 Å². The Balaban J connectivity index is 2.82. The van der Waals surface area contributed by atoms with Gasteiger partial charge >= 0.3 is 0 Å². The van der Waals surface area contributed by atoms with Crippen LogP contribution >= 0.6 is 0 Å². The molecule has 1 aromatic carbocycles. The van der Waals surface area contributed by atoms with Crippen molar-refractivity contribution < 1.29 is 14.6 Å². The van der Waals surface area contributed by atoms with E-state index >= 15 is 0 Å². The molecule has 1 rings (SSSR count). The number of nitrogens with one attached hydrogen (secondary N) is 1. The highest BCUT2D eigenvalue weighted by molar-refractivity contribution is 5.43. The van der Waals surface area contributed by atoms with Gasteiger partial charge < -0.3 is 19.9 Å². The smallest absolute Gasteiger partial charge is 0.161 e. The summed E-state index contributed by atoms with van der Waals surface area (Å²) < 4.78 is 10.5. The molecule has 102 valence electrons. The minimum atomic E-state index is 0.119. The van der Waals surface area contributed by atoms with Gasteiger partial charge in [0.2, 0.25) is 0 Å². The second-order valence-electron chi connectivity index (χ2n) is 4.29. The molecule has 0 aliphatic heterocycles. The van der Waals surface area contributed by atoms with Crippen molar-refractivity contribution >= 4 is 0 Å². The summed E-state index contributed by atoms with van der Waals surface area (Å²) in [6.07, 6.45) is 0.897. The van der Waals surface area contributed by atoms with Gasteiger partial charge in [-0.3, -0.25) is 0 Å². The fourth-order valence-corrected chi connectivity index (χ4v) is 1.87. The Morgan fingerprint density at radius 2 is 1.89 bits per heavy atom. The molecule has 0 aromatic heterocycles. The van der Waals surface area contributed by atoms with E-state index in [-0.39, 0.29) is 18.7 Å². The lowest BCUT2D eigenvalue weighted by Gasteiger charge is -2.21. The van der Waals surface area contributed by atoms with Crippen LogP contribution in [0.15, 0.2) is 18.2 Å². The third-order valence-electron chi connectivity index (χ3n) is 3.11. The minimum absolute atomic E-state index is 0.119. The van der Waals surface area contributed by atoms with E-state index in [1.165, 1.54) is 0 Å². The molecule has 2 unspecified atom stereocenters. The van der Waals surface area contributed by atoms with Crippen LogP contribution in [0.3, 0.4) is 0 Å². The van der Waals surface area contributed by atoms with Crippen LogP contribution in [0.2, 0.25) is 0 Å². The van der Waals surface area contributed by atoms with E-state index in [0.717, 1.165) is 23.5 Å². The van der Waals surface area contributed by atoms with Crippen LogP contribution < -0.4 is 14.8 Å². The number of benzene rings is 1. The summed E-state index contributed by atoms with van der Waals surface area (Å²) in [6, 6.07) is 6.13. The van der Waals surface area contributed by atoms with Gasteiger partial charge in [0.05, 0.1) is 20.8 Å². The highest BCUT2D eigenvalue weighted by Crippen LogP contribution is 2.29. The summed E-state index contributed by atoms with van der Waals surface area (Å²) in [5, 5.41) is 12.6. The third-order valence-corrected chi connectivity index (χ3v) is 3.11. The van der Waals surface area contributed by atoms with Gasteiger partial charge in [-0.15, -0.1) is 0 Å². The average Bonchev–Trinajstić information content (AvgIpc) is 2.43. The first-order valence-corrected chi connectivity index (χ1v) is 6.25. The van der Waals surface area contributed by atoms with Crippen molar-refractivity contribution in [3.05, 3.63) is 23.8 Å². The van der Waals surface area contributed by atoms with Crippen LogP contribution in [0.1, 0.15) is 31.9 Å². The Kier molecular flexibility index (Phi) is 5.95. The number of hydrogen-bond donors (Lipinski definition) is 2. The minimum Gasteiger partial charge on any atom is -0.493 e. The third kappa shape index (κ3) is 3.62. The SMILES string of the molecule is CCC(CO)NC(C)c1ccc(OC)c(OC)c1. The first-order valence-electron chi connectivity index (χ1n) is 6.25. The zero-order valence-electron chi connectivity index (χ0n) is 11.6. The molecular formula is C14H23NO3. The van der Waals surface area contributed by atoms with Gasteiger partial charge in [-0.25, -0.2) is 0 Å². The van der Waals surface area contributed by atoms with Crippen molar-refractivity contribution in [3.63, 3.8) is 0 Å². The van der Waals surface area contributed by atoms with Crippen molar-refractivity contribution in [2.45, 2.75) is 32.4 Å². The van der Waals surface area contributed by atoms with Crippen molar-refractivity contribution in [2.75, 3.05) is 20.8 Å². The van der Waals surface area contributed by atoms with Crippen molar-refractivity contribution in [1.82, 2.24) is 5.32 Å². The Morgan fingerprint density at radius 1 is 1.22 bits per heavy atom. The maximum absolute atomic E-state index is 9.20. The molecule has 0 aliphatic carbocycles. The Labute approximate surface area is 109 Å². The zero-order chi connectivity index (χ0) is 13.5. The monoisotopic (exact) mass is 253 g/mol. The van der Waals surface area contributed by atoms with E-state index in [1.807, 2.05) is 18.2 Å². The van der Waals surface area contributed by atoms with E-state index in [1.54, 1.807) is 14.2 Å². The van der Waals surface area contributed by atoms with Crippen LogP contribution in [0.25, 0.3) is 0 Å². The van der Waals surface area contributed by atoms with Crippen LogP contribution in [0, 0.1) is 0 Å². The first-order chi connectivity index (χ1) is 8.65. The first kappa shape index (κ1) is 14.8. The summed E-state index contributed by atoms with van der Waals surface area (Å²) in [5.74, 6) is 1.45. The molecule has 2 atom stereocenters. The summed E-state index contributed by atoms with van der Waals surface area (Å²) >= 11 is 0. The maximum atomic E-state index is 9.20. The van der Waals surface area contributed by atoms with Gasteiger partial charge in [0.1, 0.15) is 0 Å². The normalized spacial score (nSPS) is 14.1. The lowest BCUT2D eigenvalue weighted by atomic mass is 10.1. The number of aliphatic hydroxyl groups excluding tert-OH is 1. The molecular weight excluding hydrogens is 230 g/mol. The molecule has 0 amide bonds. The van der Waals surface area contributed by atoms with E-state index in [0.29, 0.717) is 0 Å². The van der Waals surface area contributed by atoms with Crippen LogP contribution in [0.5, 0.6) is 11.5 Å². The molecule has 0 saturated carbocycles. The van der Waals surface area contributed by atoms with Crippen LogP contribution in [-0.4, -0.2) is 32.0 Å². The summed E-state index contributed by atoms with van der Waals surface area (Å²) in [6.45, 7) is 4.27. The van der Waals surface area contributed by atoms with Gasteiger partial charge in [0.25, 0.3) is 0 Å². The van der Waals surface area contributed by atoms with Crippen molar-refractivity contribution in [2.24, 2.45) is 0 Å². The molecule has 1 aromatic rings. The zero-order valence-corrected chi connectivity index (χ0v) is 11.6. The lowest BCUT2D eigenvalue weighted by Crippen LogP contribution is -2.33. The fraction of sp³-hybridized carbons (Fsp3) is 0.571. The van der Waals surface area contributed by atoms with Crippen LogP contribution in [0.4, 0.5) is 0 Å². The van der Waals surface area contributed by atoms with Gasteiger partial charge in [0.15, 0.2) is 11.5 Å². The quantitative estimate of drug-likeness (QED) is 0.781. The van der Waals surface area contributed by atoms with Crippen molar-refractivity contribution in [3.8, 4) is 11.5 Å². The number of ether oxygens (including phenoxy) is 2. The van der Waals surface area contributed by atoms with Gasteiger partial charge in [-0.1, -0.05) is 13.0 Å². The molecule has 4 nitrogen and oxygen atoms in total. The second kappa shape index (κ2) is 7.24. The number of rotatable bonds is 7. The summed E-state index contributed by atoms with van der Waals surface area (Å²) in [4.78, 5) is 0. The largest absolute Gasteiger partial charge is 0.493 e. The molecule has 0 spiro atoms. The van der Waals surface area contributed by atoms with Gasteiger partial charge in [-0.2, -0.15) is 0 Å². The summed E-state index contributed by atoms with van der Waals surface area (Å²) in [5.41, 5.74) is 1.11. The predicted octanol–water partition coefficient (Wildman–Crippen LogP) is 2.13. The van der Waals surface area contributed by atoms with E-state index < -0.39 is 0 Å². The second-order valence-corrected chi connectivity index (χ2v) is 4.29. The number of methoxy groups -OCH3 is 2. The highest BCUT2D eigenvalue weighted by Gasteiger charge is 2.13. The van der Waals surface area contributed by atoms with Crippen LogP contribution in [-0.2, 0) is 0 Å². The molecule has 0 fully saturated rings. The summed E-state index contributed by atoms with van der Waals surface area (Å²) in [7, 11) is 3.25. The number of aliphatic hydroxyl groups is 1. The molecule has 4 heteroatoms. The van der Waals surface area contributed by atoms with Gasteiger partial charge in [0, 0.05) is 12.1 Å². The molecule has 0 saturated heterocycles. The standard InChI is InChI=1S/C14H23NO3/c1-5-12(9-16)15-10(2)11-6-7-13(17-3)14(8-11)18-4/h6-8,10,12,15-16H,5,9H2,1-4H3. The molecule has 2 N–H and O–H groups in total. The van der Waals surface area contributed by atoms with Gasteiger partial charge in [-0.05, 0) is 31.0 Å². The molecule has 18 heavy (non-hydrogen) atoms. The Hall–Kier alpha value is -1.26. The lowest BCUT2D eigenvalue weighted by molar-refractivity contribution is 0.230. The van der Waals surface area contributed by atoms with E-state index in [9.17, 15) is 5.11 Å². The molecule has 0 heterocycles. The average molecular weight is 253 g/mol. The predicted molar refractivity (Wildman–Crippen MR) is 72.3 cm³/mol. The van der Waals surface area contributed by atoms with E-state index in [4.69, 9.17) is 9.47 Å². The fourth-order valence-electron chi connectivity index (χ4n) is 1.87. The van der Waals surface area contributed by atoms with Crippen molar-refractivity contribution in [1.29, 1.82) is 0 Å². The Bertz CT molecular complexity index is 364. The molecule has 0 aliphatic rings. The highest BCUT2D eigenvalue weighted by atomic mass is 16.5. The number of hydrogen-bond acceptors (Lipinski definition) is 4. The Morgan fingerprint density at radius 3 is 2.39 bits per heavy atom. The molecule has 0 bridgehead atoms.